The van der Waals surface area contributed by atoms with E-state index in [2.05, 4.69) is 15.5 Å². The monoisotopic (exact) mass is 331 g/mol. The molecule has 0 N–H and O–H groups in total. The van der Waals surface area contributed by atoms with Gasteiger partial charge in [-0.25, -0.2) is 4.68 Å². The Labute approximate surface area is 140 Å². The first-order valence-electron chi connectivity index (χ1n) is 7.92. The molecule has 0 aliphatic carbocycles. The predicted molar refractivity (Wildman–Crippen MR) is 85.9 cm³/mol. The van der Waals surface area contributed by atoms with Crippen LogP contribution >= 0.6 is 0 Å². The molecule has 1 aromatic carbocycles. The van der Waals surface area contributed by atoms with E-state index in [1.165, 1.54) is 5.56 Å². The third kappa shape index (κ3) is 3.04. The highest BCUT2D eigenvalue weighted by atomic mass is 16.5. The lowest BCUT2D eigenvalue weighted by Gasteiger charge is -2.29. The van der Waals surface area contributed by atoms with E-state index < -0.39 is 0 Å². The first-order valence-corrected chi connectivity index (χ1v) is 7.92. The molecular weight excluding hydrogens is 310 g/mol. The second kappa shape index (κ2) is 6.86. The van der Waals surface area contributed by atoms with Gasteiger partial charge in [-0.3, -0.25) is 4.79 Å². The van der Waals surface area contributed by atoms with Gasteiger partial charge in [0, 0.05) is 19.5 Å². The fourth-order valence-electron chi connectivity index (χ4n) is 2.92. The zero-order valence-corrected chi connectivity index (χ0v) is 14.2. The minimum Gasteiger partial charge on any atom is -0.493 e. The van der Waals surface area contributed by atoms with E-state index in [4.69, 9.17) is 9.47 Å². The maximum atomic E-state index is 12.6. The first-order chi connectivity index (χ1) is 11.7. The van der Waals surface area contributed by atoms with Crippen LogP contribution in [-0.2, 0) is 30.7 Å². The van der Waals surface area contributed by atoms with Crippen LogP contribution < -0.4 is 9.47 Å². The van der Waals surface area contributed by atoms with Crippen molar-refractivity contribution in [2.75, 3.05) is 20.8 Å². The summed E-state index contributed by atoms with van der Waals surface area (Å²) in [6, 6.07) is 3.94. The average Bonchev–Trinajstić information content (AvgIpc) is 3.06. The lowest BCUT2D eigenvalue weighted by Crippen LogP contribution is -2.38. The van der Waals surface area contributed by atoms with Gasteiger partial charge < -0.3 is 14.4 Å². The molecule has 0 saturated heterocycles. The highest BCUT2D eigenvalue weighted by molar-refractivity contribution is 5.76. The first kappa shape index (κ1) is 16.2. The fourth-order valence-corrected chi connectivity index (χ4v) is 2.92. The van der Waals surface area contributed by atoms with Crippen LogP contribution in [0.2, 0.25) is 0 Å². The summed E-state index contributed by atoms with van der Waals surface area (Å²) < 4.78 is 12.3. The summed E-state index contributed by atoms with van der Waals surface area (Å²) in [6.45, 7) is 3.35. The summed E-state index contributed by atoms with van der Waals surface area (Å²) >= 11 is 0. The Hall–Kier alpha value is -2.64. The Morgan fingerprint density at radius 3 is 2.58 bits per heavy atom. The molecule has 1 aromatic heterocycles. The van der Waals surface area contributed by atoms with E-state index >= 15 is 0 Å². The molecule has 1 aliphatic rings. The Balaban J connectivity index is 1.75. The molecule has 1 aliphatic heterocycles. The van der Waals surface area contributed by atoms with Crippen LogP contribution in [0.3, 0.4) is 0 Å². The molecule has 3 rings (SSSR count). The number of methoxy groups -OCH3 is 2. The molecule has 2 heterocycles. The summed E-state index contributed by atoms with van der Waals surface area (Å²) in [5, 5.41) is 11.4. The molecule has 0 atom stereocenters. The standard InChI is InChI=1S/C16H21N5O3/c1-4-15-17-18-19-21(15)10-16(22)20-6-5-11-7-13(23-2)14(24-3)8-12(11)9-20/h7-8H,4-6,9-10H2,1-3H3. The van der Waals surface area contributed by atoms with Gasteiger partial charge in [0.05, 0.1) is 14.2 Å². The Morgan fingerprint density at radius 1 is 1.21 bits per heavy atom. The van der Waals surface area contributed by atoms with Crippen LogP contribution in [-0.4, -0.2) is 51.8 Å². The highest BCUT2D eigenvalue weighted by Crippen LogP contribution is 2.33. The van der Waals surface area contributed by atoms with Crippen molar-refractivity contribution in [2.24, 2.45) is 0 Å². The van der Waals surface area contributed by atoms with Gasteiger partial charge >= 0.3 is 0 Å². The van der Waals surface area contributed by atoms with Crippen molar-refractivity contribution < 1.29 is 14.3 Å². The molecule has 8 nitrogen and oxygen atoms in total. The normalized spacial score (nSPS) is 13.5. The van der Waals surface area contributed by atoms with Crippen LogP contribution in [0.1, 0.15) is 23.9 Å². The smallest absolute Gasteiger partial charge is 0.244 e. The molecule has 0 saturated carbocycles. The van der Waals surface area contributed by atoms with Gasteiger partial charge in [0.25, 0.3) is 0 Å². The van der Waals surface area contributed by atoms with Crippen molar-refractivity contribution in [1.82, 2.24) is 25.1 Å². The third-order valence-corrected chi connectivity index (χ3v) is 4.28. The van der Waals surface area contributed by atoms with E-state index in [1.54, 1.807) is 18.9 Å². The largest absolute Gasteiger partial charge is 0.493 e. The number of benzene rings is 1. The van der Waals surface area contributed by atoms with Gasteiger partial charge in [-0.2, -0.15) is 0 Å². The number of aryl methyl sites for hydroxylation is 1. The number of rotatable bonds is 5. The zero-order chi connectivity index (χ0) is 17.1. The van der Waals surface area contributed by atoms with E-state index in [1.807, 2.05) is 24.0 Å². The number of nitrogens with zero attached hydrogens (tertiary/aromatic N) is 5. The van der Waals surface area contributed by atoms with Crippen molar-refractivity contribution in [3.05, 3.63) is 29.1 Å². The number of hydrogen-bond acceptors (Lipinski definition) is 6. The number of tetrazole rings is 1. The number of ether oxygens (including phenoxy) is 2. The molecule has 0 unspecified atom stereocenters. The minimum atomic E-state index is 0.0115. The maximum absolute atomic E-state index is 12.6. The molecule has 128 valence electrons. The summed E-state index contributed by atoms with van der Waals surface area (Å²) in [5.41, 5.74) is 2.27. The number of aromatic nitrogens is 4. The van der Waals surface area contributed by atoms with E-state index in [0.29, 0.717) is 31.1 Å². The topological polar surface area (TPSA) is 82.4 Å². The molecule has 1 amide bonds. The predicted octanol–water partition coefficient (Wildman–Crippen LogP) is 0.838. The van der Waals surface area contributed by atoms with Gasteiger partial charge in [-0.1, -0.05) is 6.92 Å². The molecule has 0 bridgehead atoms. The summed E-state index contributed by atoms with van der Waals surface area (Å²) in [7, 11) is 3.24. The number of hydrogen-bond donors (Lipinski definition) is 0. The summed E-state index contributed by atoms with van der Waals surface area (Å²) in [6.07, 6.45) is 1.48. The van der Waals surface area contributed by atoms with E-state index in [-0.39, 0.29) is 12.5 Å². The second-order valence-electron chi connectivity index (χ2n) is 5.65. The molecule has 8 heteroatoms. The second-order valence-corrected chi connectivity index (χ2v) is 5.65. The lowest BCUT2D eigenvalue weighted by atomic mass is 9.98. The zero-order valence-electron chi connectivity index (χ0n) is 14.2. The molecule has 0 radical (unpaired) electrons. The SMILES string of the molecule is CCc1nnnn1CC(=O)N1CCc2cc(OC)c(OC)cc2C1. The van der Waals surface area contributed by atoms with Gasteiger partial charge in [-0.15, -0.1) is 5.10 Å². The molecule has 24 heavy (non-hydrogen) atoms. The molecular formula is C16H21N5O3. The quantitative estimate of drug-likeness (QED) is 0.807. The van der Waals surface area contributed by atoms with Crippen molar-refractivity contribution in [3.63, 3.8) is 0 Å². The van der Waals surface area contributed by atoms with Crippen LogP contribution in [0.5, 0.6) is 11.5 Å². The maximum Gasteiger partial charge on any atom is 0.244 e. The fraction of sp³-hybridized carbons (Fsp3) is 0.500. The third-order valence-electron chi connectivity index (χ3n) is 4.28. The summed E-state index contributed by atoms with van der Waals surface area (Å²) in [4.78, 5) is 14.4. The van der Waals surface area contributed by atoms with Gasteiger partial charge in [0.15, 0.2) is 17.3 Å². The van der Waals surface area contributed by atoms with Crippen molar-refractivity contribution in [3.8, 4) is 11.5 Å². The van der Waals surface area contributed by atoms with Gasteiger partial charge in [0.2, 0.25) is 5.91 Å². The Morgan fingerprint density at radius 2 is 1.92 bits per heavy atom. The van der Waals surface area contributed by atoms with Crippen molar-refractivity contribution in [2.45, 2.75) is 32.9 Å². The van der Waals surface area contributed by atoms with E-state index in [0.717, 1.165) is 17.7 Å². The number of amides is 1. The van der Waals surface area contributed by atoms with Crippen molar-refractivity contribution >= 4 is 5.91 Å². The van der Waals surface area contributed by atoms with Crippen LogP contribution in [0, 0.1) is 0 Å². The lowest BCUT2D eigenvalue weighted by molar-refractivity contribution is -0.133. The molecule has 0 fully saturated rings. The average molecular weight is 331 g/mol. The molecule has 0 spiro atoms. The Bertz CT molecular complexity index is 743. The number of carbonyl (C=O) groups is 1. The van der Waals surface area contributed by atoms with Crippen LogP contribution in [0.4, 0.5) is 0 Å². The Kier molecular flexibility index (Phi) is 4.64. The highest BCUT2D eigenvalue weighted by Gasteiger charge is 2.23. The number of carbonyl (C=O) groups excluding carboxylic acids is 1. The molecule has 2 aromatic rings. The summed E-state index contributed by atoms with van der Waals surface area (Å²) in [5.74, 6) is 2.13. The van der Waals surface area contributed by atoms with Gasteiger partial charge in [0.1, 0.15) is 6.54 Å². The minimum absolute atomic E-state index is 0.0115. The van der Waals surface area contributed by atoms with Gasteiger partial charge in [-0.05, 0) is 40.1 Å². The van der Waals surface area contributed by atoms with Crippen LogP contribution in [0.15, 0.2) is 12.1 Å². The van der Waals surface area contributed by atoms with E-state index in [9.17, 15) is 4.79 Å². The number of fused-ring (bicyclic) bond motifs is 1. The van der Waals surface area contributed by atoms with Crippen LogP contribution in [0.25, 0.3) is 0 Å². The van der Waals surface area contributed by atoms with Crippen molar-refractivity contribution in [1.29, 1.82) is 0 Å².